The van der Waals surface area contributed by atoms with Crippen LogP contribution in [0.1, 0.15) is 24.1 Å². The summed E-state index contributed by atoms with van der Waals surface area (Å²) in [4.78, 5) is 25.1. The van der Waals surface area contributed by atoms with Gasteiger partial charge in [0.25, 0.3) is 0 Å². The molecule has 2 saturated heterocycles. The Morgan fingerprint density at radius 2 is 1.82 bits per heavy atom. The number of benzene rings is 2. The number of hydrogen-bond donors (Lipinski definition) is 1. The maximum atomic E-state index is 12.5. The molecule has 3 heterocycles. The highest BCUT2D eigenvalue weighted by Gasteiger charge is 2.46. The lowest BCUT2D eigenvalue weighted by Gasteiger charge is -2.53. The lowest BCUT2D eigenvalue weighted by Crippen LogP contribution is -2.62. The first kappa shape index (κ1) is 22.6. The van der Waals surface area contributed by atoms with Gasteiger partial charge in [0, 0.05) is 41.8 Å². The second-order valence-electron chi connectivity index (χ2n) is 9.31. The molecule has 8 heteroatoms. The molecule has 2 fully saturated rings. The molecule has 0 radical (unpaired) electrons. The molecule has 5 rings (SSSR count). The number of ether oxygens (including phenoxy) is 1. The first-order valence-corrected chi connectivity index (χ1v) is 11.9. The Kier molecular flexibility index (Phi) is 6.39. The van der Waals surface area contributed by atoms with Crippen LogP contribution in [-0.4, -0.2) is 52.0 Å². The van der Waals surface area contributed by atoms with Gasteiger partial charge >= 0.3 is 6.03 Å². The lowest BCUT2D eigenvalue weighted by atomic mass is 9.72. The van der Waals surface area contributed by atoms with Crippen LogP contribution in [0.25, 0.3) is 0 Å². The molecule has 1 N–H and O–H groups in total. The average molecular weight is 478 g/mol. The number of anilines is 1. The van der Waals surface area contributed by atoms with Gasteiger partial charge in [-0.05, 0) is 74.8 Å². The van der Waals surface area contributed by atoms with Crippen molar-refractivity contribution in [2.75, 3.05) is 31.5 Å². The number of urea groups is 1. The molecule has 2 aliphatic rings. The second kappa shape index (κ2) is 9.60. The second-order valence-corrected chi connectivity index (χ2v) is 9.75. The van der Waals surface area contributed by atoms with Crippen LogP contribution in [0.2, 0.25) is 5.02 Å². The van der Waals surface area contributed by atoms with E-state index in [2.05, 4.69) is 32.3 Å². The van der Waals surface area contributed by atoms with Gasteiger partial charge < -0.3 is 9.64 Å². The number of likely N-dealkylation sites (tertiary alicyclic amines) is 2. The fourth-order valence-electron chi connectivity index (χ4n) is 4.72. The number of piperidine rings is 1. The lowest BCUT2D eigenvalue weighted by molar-refractivity contribution is -0.0200. The van der Waals surface area contributed by atoms with Gasteiger partial charge in [-0.3, -0.25) is 10.2 Å². The number of amides is 2. The Bertz CT molecular complexity index is 1150. The van der Waals surface area contributed by atoms with E-state index in [1.54, 1.807) is 6.07 Å². The summed E-state index contributed by atoms with van der Waals surface area (Å²) < 4.78 is 5.98. The zero-order valence-corrected chi connectivity index (χ0v) is 20.0. The first-order chi connectivity index (χ1) is 16.5. The van der Waals surface area contributed by atoms with Crippen LogP contribution in [0.4, 0.5) is 10.6 Å². The summed E-state index contributed by atoms with van der Waals surface area (Å²) in [6, 6.07) is 17.3. The molecular weight excluding hydrogens is 450 g/mol. The van der Waals surface area contributed by atoms with Crippen LogP contribution >= 0.6 is 11.6 Å². The van der Waals surface area contributed by atoms with Gasteiger partial charge in [0.15, 0.2) is 0 Å². The Morgan fingerprint density at radius 3 is 2.56 bits per heavy atom. The molecule has 0 unspecified atom stereocenters. The van der Waals surface area contributed by atoms with Gasteiger partial charge in [-0.2, -0.15) is 0 Å². The van der Waals surface area contributed by atoms with Gasteiger partial charge in [0.05, 0.1) is 0 Å². The highest BCUT2D eigenvalue weighted by Crippen LogP contribution is 2.41. The van der Waals surface area contributed by atoms with E-state index in [1.807, 2.05) is 48.2 Å². The molecule has 1 spiro atoms. The van der Waals surface area contributed by atoms with Crippen molar-refractivity contribution in [3.05, 3.63) is 77.2 Å². The minimum absolute atomic E-state index is 0.0799. The number of nitrogens with one attached hydrogen (secondary N) is 1. The van der Waals surface area contributed by atoms with Crippen LogP contribution < -0.4 is 10.1 Å². The number of carbonyl (C=O) groups is 1. The maximum absolute atomic E-state index is 12.5. The third-order valence-corrected chi connectivity index (χ3v) is 6.90. The predicted molar refractivity (Wildman–Crippen MR) is 132 cm³/mol. The van der Waals surface area contributed by atoms with Crippen LogP contribution in [0, 0.1) is 12.3 Å². The summed E-state index contributed by atoms with van der Waals surface area (Å²) in [5, 5.41) is 3.57. The SMILES string of the molecule is Cc1cc(NC(=O)N2CC3(CCN(Cc4cccc(Oc5ccc(Cl)cc5)c4)CC3)C2)ncn1. The van der Waals surface area contributed by atoms with Gasteiger partial charge in [-0.1, -0.05) is 23.7 Å². The zero-order chi connectivity index (χ0) is 23.5. The number of hydrogen-bond acceptors (Lipinski definition) is 5. The Morgan fingerprint density at radius 1 is 1.06 bits per heavy atom. The standard InChI is InChI=1S/C26H28ClN5O2/c1-19-13-24(29-18-28-19)30-25(33)32-16-26(17-32)9-11-31(12-10-26)15-20-3-2-4-23(14-20)34-22-7-5-21(27)6-8-22/h2-8,13-14,18H,9-12,15-17H2,1H3,(H,28,29,30,33). The first-order valence-electron chi connectivity index (χ1n) is 11.6. The van der Waals surface area contributed by atoms with Crippen molar-refractivity contribution in [3.63, 3.8) is 0 Å². The molecule has 0 atom stereocenters. The summed E-state index contributed by atoms with van der Waals surface area (Å²) in [6.07, 6.45) is 3.67. The van der Waals surface area contributed by atoms with Gasteiger partial charge in [-0.25, -0.2) is 14.8 Å². The Hall–Kier alpha value is -3.16. The molecule has 2 amide bonds. The normalized spacial score (nSPS) is 17.3. The number of aryl methyl sites for hydroxylation is 1. The van der Waals surface area contributed by atoms with E-state index in [0.29, 0.717) is 10.8 Å². The van der Waals surface area contributed by atoms with Gasteiger partial charge in [-0.15, -0.1) is 0 Å². The summed E-state index contributed by atoms with van der Waals surface area (Å²) in [6.45, 7) is 6.45. The quantitative estimate of drug-likeness (QED) is 0.535. The van der Waals surface area contributed by atoms with E-state index in [-0.39, 0.29) is 11.4 Å². The smallest absolute Gasteiger partial charge is 0.323 e. The minimum atomic E-state index is -0.0799. The number of aromatic nitrogens is 2. The molecule has 176 valence electrons. The maximum Gasteiger partial charge on any atom is 0.323 e. The number of carbonyl (C=O) groups excluding carboxylic acids is 1. The average Bonchev–Trinajstić information content (AvgIpc) is 2.80. The van der Waals surface area contributed by atoms with Crippen molar-refractivity contribution >= 4 is 23.4 Å². The molecule has 3 aromatic rings. The van der Waals surface area contributed by atoms with Crippen molar-refractivity contribution < 1.29 is 9.53 Å². The minimum Gasteiger partial charge on any atom is -0.457 e. The van der Waals surface area contributed by atoms with Crippen molar-refractivity contribution in [1.29, 1.82) is 0 Å². The number of nitrogens with zero attached hydrogens (tertiary/aromatic N) is 4. The van der Waals surface area contributed by atoms with Crippen molar-refractivity contribution in [2.24, 2.45) is 5.41 Å². The highest BCUT2D eigenvalue weighted by atomic mass is 35.5. The summed E-state index contributed by atoms with van der Waals surface area (Å²) >= 11 is 5.96. The largest absolute Gasteiger partial charge is 0.457 e. The molecule has 0 bridgehead atoms. The summed E-state index contributed by atoms with van der Waals surface area (Å²) in [5.41, 5.74) is 2.31. The molecule has 2 aliphatic heterocycles. The van der Waals surface area contributed by atoms with Crippen LogP contribution in [0.3, 0.4) is 0 Å². The molecule has 0 aliphatic carbocycles. The third kappa shape index (κ3) is 5.32. The number of halogens is 1. The molecule has 2 aromatic carbocycles. The Labute approximate surface area is 204 Å². The molecule has 0 saturated carbocycles. The van der Waals surface area contributed by atoms with E-state index >= 15 is 0 Å². The van der Waals surface area contributed by atoms with E-state index in [9.17, 15) is 4.79 Å². The van der Waals surface area contributed by atoms with E-state index in [0.717, 1.165) is 62.8 Å². The predicted octanol–water partition coefficient (Wildman–Crippen LogP) is 5.36. The molecule has 7 nitrogen and oxygen atoms in total. The third-order valence-electron chi connectivity index (χ3n) is 6.65. The van der Waals surface area contributed by atoms with Crippen molar-refractivity contribution in [2.45, 2.75) is 26.3 Å². The van der Waals surface area contributed by atoms with Gasteiger partial charge in [0.2, 0.25) is 0 Å². The molecule has 1 aromatic heterocycles. The van der Waals surface area contributed by atoms with Crippen LogP contribution in [-0.2, 0) is 6.54 Å². The zero-order valence-electron chi connectivity index (χ0n) is 19.2. The summed E-state index contributed by atoms with van der Waals surface area (Å²) in [7, 11) is 0. The Balaban J connectivity index is 1.10. The fourth-order valence-corrected chi connectivity index (χ4v) is 4.85. The molecular formula is C26H28ClN5O2. The number of rotatable bonds is 5. The van der Waals surface area contributed by atoms with E-state index < -0.39 is 0 Å². The van der Waals surface area contributed by atoms with E-state index in [4.69, 9.17) is 16.3 Å². The highest BCUT2D eigenvalue weighted by molar-refractivity contribution is 6.30. The van der Waals surface area contributed by atoms with Crippen molar-refractivity contribution in [1.82, 2.24) is 19.8 Å². The molecule has 34 heavy (non-hydrogen) atoms. The van der Waals surface area contributed by atoms with E-state index in [1.165, 1.54) is 11.9 Å². The van der Waals surface area contributed by atoms with Crippen LogP contribution in [0.15, 0.2) is 60.9 Å². The topological polar surface area (TPSA) is 70.6 Å². The van der Waals surface area contributed by atoms with Gasteiger partial charge in [0.1, 0.15) is 23.6 Å². The van der Waals surface area contributed by atoms with Crippen LogP contribution in [0.5, 0.6) is 11.5 Å². The fraction of sp³-hybridized carbons (Fsp3) is 0.346. The summed E-state index contributed by atoms with van der Waals surface area (Å²) in [5.74, 6) is 2.15. The van der Waals surface area contributed by atoms with Crippen molar-refractivity contribution in [3.8, 4) is 11.5 Å². The monoisotopic (exact) mass is 477 g/mol.